The standard InChI is InChI=1S/C29H22F4O/c1-16-2-3-20-15-21(9-8-19(20)14-16)24-11-10-22(26(30)27(24)31)17-4-6-18(7-5-17)23-12-13-25(34)29(33)28(23)32/h2-15,26-29,34H,1H3. The molecule has 5 heteroatoms. The summed E-state index contributed by atoms with van der Waals surface area (Å²) in [4.78, 5) is 0. The number of aryl methyl sites for hydroxylation is 1. The molecule has 172 valence electrons. The summed E-state index contributed by atoms with van der Waals surface area (Å²) in [6.45, 7) is 2.00. The zero-order chi connectivity index (χ0) is 24.0. The van der Waals surface area contributed by atoms with Gasteiger partial charge in [-0.2, -0.15) is 0 Å². The van der Waals surface area contributed by atoms with Crippen LogP contribution in [0.25, 0.3) is 27.5 Å². The highest BCUT2D eigenvalue weighted by Gasteiger charge is 2.33. The molecular weight excluding hydrogens is 440 g/mol. The molecular formula is C29H22F4O. The molecule has 5 rings (SSSR count). The van der Waals surface area contributed by atoms with Gasteiger partial charge in [-0.25, -0.2) is 17.6 Å². The van der Waals surface area contributed by atoms with E-state index in [1.807, 2.05) is 37.3 Å². The average molecular weight is 462 g/mol. The van der Waals surface area contributed by atoms with E-state index in [-0.39, 0.29) is 16.7 Å². The van der Waals surface area contributed by atoms with Crippen LogP contribution in [0.15, 0.2) is 90.7 Å². The van der Waals surface area contributed by atoms with Gasteiger partial charge in [0.25, 0.3) is 0 Å². The third-order valence-corrected chi connectivity index (χ3v) is 6.44. The van der Waals surface area contributed by atoms with E-state index in [2.05, 4.69) is 0 Å². The van der Waals surface area contributed by atoms with Crippen molar-refractivity contribution in [1.29, 1.82) is 0 Å². The normalized spacial score (nSPS) is 24.9. The van der Waals surface area contributed by atoms with Crippen LogP contribution in [0, 0.1) is 6.92 Å². The Labute approximate surface area is 195 Å². The first kappa shape index (κ1) is 22.2. The zero-order valence-electron chi connectivity index (χ0n) is 18.4. The number of halogens is 4. The molecule has 3 aromatic rings. The number of alkyl halides is 4. The number of hydrogen-bond acceptors (Lipinski definition) is 1. The summed E-state index contributed by atoms with van der Waals surface area (Å²) in [6.07, 6.45) is -2.20. The van der Waals surface area contributed by atoms with Crippen molar-refractivity contribution in [1.82, 2.24) is 0 Å². The lowest BCUT2D eigenvalue weighted by Crippen LogP contribution is -2.24. The molecule has 3 aromatic carbocycles. The van der Waals surface area contributed by atoms with Crippen LogP contribution in [0.4, 0.5) is 17.6 Å². The molecule has 0 saturated heterocycles. The van der Waals surface area contributed by atoms with Gasteiger partial charge < -0.3 is 5.11 Å². The summed E-state index contributed by atoms with van der Waals surface area (Å²) >= 11 is 0. The summed E-state index contributed by atoms with van der Waals surface area (Å²) in [5.41, 5.74) is 3.19. The van der Waals surface area contributed by atoms with E-state index in [4.69, 9.17) is 0 Å². The van der Waals surface area contributed by atoms with Gasteiger partial charge in [-0.05, 0) is 63.2 Å². The molecule has 4 unspecified atom stereocenters. The minimum absolute atomic E-state index is 0.0864. The van der Waals surface area contributed by atoms with Gasteiger partial charge in [-0.3, -0.25) is 0 Å². The van der Waals surface area contributed by atoms with Gasteiger partial charge in [-0.1, -0.05) is 78.4 Å². The summed E-state index contributed by atoms with van der Waals surface area (Å²) < 4.78 is 58.5. The summed E-state index contributed by atoms with van der Waals surface area (Å²) in [5.74, 6) is -0.654. The van der Waals surface area contributed by atoms with Crippen LogP contribution < -0.4 is 0 Å². The molecule has 4 atom stereocenters. The Bertz CT molecular complexity index is 1380. The maximum absolute atomic E-state index is 15.2. The van der Waals surface area contributed by atoms with Crippen molar-refractivity contribution < 1.29 is 22.7 Å². The van der Waals surface area contributed by atoms with Gasteiger partial charge in [0.15, 0.2) is 24.7 Å². The summed E-state index contributed by atoms with van der Waals surface area (Å²) in [7, 11) is 0. The summed E-state index contributed by atoms with van der Waals surface area (Å²) in [5, 5.41) is 11.4. The molecule has 0 aliphatic heterocycles. The number of fused-ring (bicyclic) bond motifs is 1. The van der Waals surface area contributed by atoms with E-state index < -0.39 is 30.4 Å². The Morgan fingerprint density at radius 3 is 1.59 bits per heavy atom. The number of aliphatic hydroxyl groups excluding tert-OH is 1. The van der Waals surface area contributed by atoms with Crippen molar-refractivity contribution >= 4 is 27.5 Å². The average Bonchev–Trinajstić information content (AvgIpc) is 2.84. The molecule has 0 heterocycles. The van der Waals surface area contributed by atoms with E-state index in [9.17, 15) is 13.9 Å². The molecule has 0 bridgehead atoms. The highest BCUT2D eigenvalue weighted by Crippen LogP contribution is 2.38. The molecule has 1 nitrogen and oxygen atoms in total. The van der Waals surface area contributed by atoms with Crippen LogP contribution in [-0.2, 0) is 0 Å². The van der Waals surface area contributed by atoms with E-state index in [1.165, 1.54) is 6.08 Å². The van der Waals surface area contributed by atoms with Crippen LogP contribution >= 0.6 is 0 Å². The quantitative estimate of drug-likeness (QED) is 0.394. The molecule has 2 aliphatic carbocycles. The van der Waals surface area contributed by atoms with Gasteiger partial charge in [0.05, 0.1) is 0 Å². The lowest BCUT2D eigenvalue weighted by atomic mass is 9.85. The van der Waals surface area contributed by atoms with Crippen LogP contribution in [0.1, 0.15) is 22.3 Å². The van der Waals surface area contributed by atoms with Crippen molar-refractivity contribution in [2.75, 3.05) is 0 Å². The van der Waals surface area contributed by atoms with Crippen LogP contribution in [0.2, 0.25) is 0 Å². The van der Waals surface area contributed by atoms with Crippen LogP contribution in [-0.4, -0.2) is 29.8 Å². The number of aliphatic hydroxyl groups is 1. The van der Waals surface area contributed by atoms with E-state index in [0.717, 1.165) is 22.4 Å². The molecule has 1 N–H and O–H groups in total. The molecule has 0 radical (unpaired) electrons. The second kappa shape index (κ2) is 8.64. The van der Waals surface area contributed by atoms with Crippen LogP contribution in [0.3, 0.4) is 0 Å². The highest BCUT2D eigenvalue weighted by atomic mass is 19.2. The first-order chi connectivity index (χ1) is 16.3. The fourth-order valence-corrected chi connectivity index (χ4v) is 4.51. The van der Waals surface area contributed by atoms with E-state index in [0.29, 0.717) is 16.7 Å². The molecule has 0 amide bonds. The zero-order valence-corrected chi connectivity index (χ0v) is 18.4. The lowest BCUT2D eigenvalue weighted by Gasteiger charge is -2.24. The Morgan fingerprint density at radius 1 is 0.529 bits per heavy atom. The van der Waals surface area contributed by atoms with Gasteiger partial charge in [0.1, 0.15) is 5.76 Å². The van der Waals surface area contributed by atoms with Crippen molar-refractivity contribution in [3.8, 4) is 0 Å². The van der Waals surface area contributed by atoms with E-state index >= 15 is 8.78 Å². The Balaban J connectivity index is 1.44. The predicted octanol–water partition coefficient (Wildman–Crippen LogP) is 7.82. The minimum Gasteiger partial charge on any atom is -0.509 e. The van der Waals surface area contributed by atoms with Gasteiger partial charge in [-0.15, -0.1) is 0 Å². The van der Waals surface area contributed by atoms with E-state index in [1.54, 1.807) is 42.5 Å². The second-order valence-electron chi connectivity index (χ2n) is 8.71. The molecule has 0 aromatic heterocycles. The molecule has 0 spiro atoms. The Hall–Kier alpha value is -3.60. The van der Waals surface area contributed by atoms with Crippen molar-refractivity contribution in [2.45, 2.75) is 31.6 Å². The number of benzene rings is 3. The van der Waals surface area contributed by atoms with Gasteiger partial charge >= 0.3 is 0 Å². The fourth-order valence-electron chi connectivity index (χ4n) is 4.51. The van der Waals surface area contributed by atoms with Crippen molar-refractivity contribution in [3.63, 3.8) is 0 Å². The number of allylic oxidation sites excluding steroid dienone is 8. The maximum atomic E-state index is 15.2. The number of hydrogen-bond donors (Lipinski definition) is 1. The van der Waals surface area contributed by atoms with Crippen molar-refractivity contribution in [2.24, 2.45) is 0 Å². The SMILES string of the molecule is Cc1ccc2cc(C3=CC=C(c4ccc(C5=CC=C(O)C(F)C5F)cc4)C(F)C3F)ccc2c1. The fraction of sp³-hybridized carbons (Fsp3) is 0.172. The molecule has 2 aliphatic rings. The highest BCUT2D eigenvalue weighted by molar-refractivity contribution is 5.90. The first-order valence-corrected chi connectivity index (χ1v) is 11.0. The first-order valence-electron chi connectivity index (χ1n) is 11.0. The predicted molar refractivity (Wildman–Crippen MR) is 129 cm³/mol. The molecule has 0 fully saturated rings. The van der Waals surface area contributed by atoms with Gasteiger partial charge in [0.2, 0.25) is 0 Å². The molecule has 34 heavy (non-hydrogen) atoms. The Morgan fingerprint density at radius 2 is 0.971 bits per heavy atom. The minimum atomic E-state index is -2.12. The van der Waals surface area contributed by atoms with Crippen molar-refractivity contribution in [3.05, 3.63) is 113 Å². The largest absolute Gasteiger partial charge is 0.509 e. The number of rotatable bonds is 3. The Kier molecular flexibility index (Phi) is 5.64. The lowest BCUT2D eigenvalue weighted by molar-refractivity contribution is 0.181. The topological polar surface area (TPSA) is 20.2 Å². The maximum Gasteiger partial charge on any atom is 0.192 e. The third kappa shape index (κ3) is 3.85. The third-order valence-electron chi connectivity index (χ3n) is 6.44. The molecule has 0 saturated carbocycles. The second-order valence-corrected chi connectivity index (χ2v) is 8.71. The van der Waals surface area contributed by atoms with Gasteiger partial charge in [0, 0.05) is 0 Å². The van der Waals surface area contributed by atoms with Crippen LogP contribution in [0.5, 0.6) is 0 Å². The summed E-state index contributed by atoms with van der Waals surface area (Å²) in [6, 6.07) is 17.8. The monoisotopic (exact) mass is 462 g/mol. The smallest absolute Gasteiger partial charge is 0.192 e.